The van der Waals surface area contributed by atoms with Gasteiger partial charge in [-0.05, 0) is 53.6 Å². The fraction of sp³-hybridized carbons (Fsp3) is 0.0833. The summed E-state index contributed by atoms with van der Waals surface area (Å²) in [6.07, 6.45) is 1.37. The average molecular weight is 557 g/mol. The van der Waals surface area contributed by atoms with Crippen molar-refractivity contribution >= 4 is 75.7 Å². The summed E-state index contributed by atoms with van der Waals surface area (Å²) in [5.74, 6) is -0.0582. The van der Waals surface area contributed by atoms with Crippen LogP contribution in [-0.4, -0.2) is 13.0 Å². The number of nitrogens with zero attached hydrogens (tertiary/aromatic N) is 1. The molecule has 1 amide bonds. The van der Waals surface area contributed by atoms with E-state index < -0.39 is 5.91 Å². The quantitative estimate of drug-likeness (QED) is 0.236. The summed E-state index contributed by atoms with van der Waals surface area (Å²) in [6, 6.07) is 14.9. The number of carbonyl (C=O) groups excluding carboxylic acids is 1. The van der Waals surface area contributed by atoms with Crippen molar-refractivity contribution < 1.29 is 14.3 Å². The summed E-state index contributed by atoms with van der Waals surface area (Å²) < 4.78 is 11.2. The van der Waals surface area contributed by atoms with Gasteiger partial charge in [-0.1, -0.05) is 70.1 Å². The molecule has 3 aromatic rings. The van der Waals surface area contributed by atoms with Gasteiger partial charge in [0.25, 0.3) is 5.91 Å². The van der Waals surface area contributed by atoms with E-state index in [2.05, 4.69) is 5.32 Å². The minimum absolute atomic E-state index is 0.161. The molecule has 0 saturated heterocycles. The average Bonchev–Trinajstić information content (AvgIpc) is 2.81. The summed E-state index contributed by atoms with van der Waals surface area (Å²) in [7, 11) is 1.45. The molecule has 0 saturated carbocycles. The number of ether oxygens (including phenoxy) is 2. The lowest BCUT2D eigenvalue weighted by molar-refractivity contribution is -0.112. The molecule has 34 heavy (non-hydrogen) atoms. The van der Waals surface area contributed by atoms with Crippen molar-refractivity contribution in [1.82, 2.24) is 0 Å². The molecule has 10 heteroatoms. The molecular formula is C24H15Cl5N2O3. The van der Waals surface area contributed by atoms with Crippen molar-refractivity contribution in [3.8, 4) is 17.6 Å². The van der Waals surface area contributed by atoms with Crippen LogP contribution in [0, 0.1) is 11.3 Å². The van der Waals surface area contributed by atoms with Gasteiger partial charge in [0.2, 0.25) is 0 Å². The molecule has 1 N–H and O–H groups in total. The Morgan fingerprint density at radius 1 is 1.00 bits per heavy atom. The third-order valence-electron chi connectivity index (χ3n) is 4.49. The van der Waals surface area contributed by atoms with Gasteiger partial charge in [-0.3, -0.25) is 4.79 Å². The van der Waals surface area contributed by atoms with E-state index in [1.807, 2.05) is 6.07 Å². The predicted molar refractivity (Wildman–Crippen MR) is 137 cm³/mol. The number of benzene rings is 3. The lowest BCUT2D eigenvalue weighted by atomic mass is 10.1. The van der Waals surface area contributed by atoms with Crippen LogP contribution >= 0.6 is 58.0 Å². The standard InChI is InChI=1S/C24H15Cl5N2O3/c1-33-21-10-14(7-15(11-30)24(32)31-20-4-2-3-17(26)22(20)29)9-19(28)23(21)34-12-13-5-6-16(25)18(27)8-13/h2-10H,12H2,1H3,(H,31,32)/b15-7-. The molecule has 0 heterocycles. The molecule has 0 aliphatic heterocycles. The molecule has 0 bridgehead atoms. The maximum absolute atomic E-state index is 12.6. The number of anilines is 1. The zero-order valence-electron chi connectivity index (χ0n) is 17.5. The Morgan fingerprint density at radius 2 is 1.76 bits per heavy atom. The van der Waals surface area contributed by atoms with Crippen LogP contribution in [0.1, 0.15) is 11.1 Å². The molecule has 0 atom stereocenters. The minimum Gasteiger partial charge on any atom is -0.493 e. The van der Waals surface area contributed by atoms with Crippen molar-refractivity contribution in [2.24, 2.45) is 0 Å². The Balaban J connectivity index is 1.83. The first-order valence-electron chi connectivity index (χ1n) is 9.55. The molecule has 3 rings (SSSR count). The first-order valence-corrected chi connectivity index (χ1v) is 11.4. The Bertz CT molecular complexity index is 1320. The molecule has 0 unspecified atom stereocenters. The van der Waals surface area contributed by atoms with Gasteiger partial charge in [0, 0.05) is 0 Å². The zero-order valence-corrected chi connectivity index (χ0v) is 21.2. The Kier molecular flexibility index (Phi) is 8.96. The van der Waals surface area contributed by atoms with Gasteiger partial charge in [0.15, 0.2) is 11.5 Å². The molecular weight excluding hydrogens is 542 g/mol. The second-order valence-corrected chi connectivity index (χ2v) is 8.80. The van der Waals surface area contributed by atoms with Crippen LogP contribution in [0.25, 0.3) is 6.08 Å². The van der Waals surface area contributed by atoms with Gasteiger partial charge in [-0.25, -0.2) is 0 Å². The van der Waals surface area contributed by atoms with Crippen LogP contribution in [0.3, 0.4) is 0 Å². The van der Waals surface area contributed by atoms with E-state index in [0.717, 1.165) is 5.56 Å². The van der Waals surface area contributed by atoms with Crippen LogP contribution in [0.2, 0.25) is 25.1 Å². The highest BCUT2D eigenvalue weighted by atomic mass is 35.5. The molecule has 0 aliphatic carbocycles. The Morgan fingerprint density at radius 3 is 2.44 bits per heavy atom. The third kappa shape index (κ3) is 6.29. The monoisotopic (exact) mass is 554 g/mol. The predicted octanol–water partition coefficient (Wildman–Crippen LogP) is 8.09. The second kappa shape index (κ2) is 11.7. The van der Waals surface area contributed by atoms with Crippen LogP contribution in [-0.2, 0) is 11.4 Å². The number of rotatable bonds is 7. The first-order chi connectivity index (χ1) is 16.2. The molecule has 0 radical (unpaired) electrons. The number of carbonyl (C=O) groups is 1. The van der Waals surface area contributed by atoms with E-state index in [0.29, 0.717) is 27.1 Å². The number of amides is 1. The largest absolute Gasteiger partial charge is 0.493 e. The Labute approximate surface area is 221 Å². The second-order valence-electron chi connectivity index (χ2n) is 6.80. The fourth-order valence-corrected chi connectivity index (χ4v) is 3.80. The van der Waals surface area contributed by atoms with Gasteiger partial charge < -0.3 is 14.8 Å². The first kappa shape index (κ1) is 26.0. The van der Waals surface area contributed by atoms with Gasteiger partial charge in [-0.2, -0.15) is 5.26 Å². The molecule has 3 aromatic carbocycles. The number of nitrogens with one attached hydrogen (secondary N) is 1. The summed E-state index contributed by atoms with van der Waals surface area (Å²) in [5, 5.41) is 13.6. The SMILES string of the molecule is COc1cc(/C=C(/C#N)C(=O)Nc2cccc(Cl)c2Cl)cc(Cl)c1OCc1ccc(Cl)c(Cl)c1. The van der Waals surface area contributed by atoms with Crippen molar-refractivity contribution in [3.63, 3.8) is 0 Å². The van der Waals surface area contributed by atoms with Crippen molar-refractivity contribution in [2.75, 3.05) is 12.4 Å². The normalized spacial score (nSPS) is 11.0. The third-order valence-corrected chi connectivity index (χ3v) is 6.33. The maximum atomic E-state index is 12.6. The highest BCUT2D eigenvalue weighted by molar-refractivity contribution is 6.44. The van der Waals surface area contributed by atoms with Crippen LogP contribution < -0.4 is 14.8 Å². The van der Waals surface area contributed by atoms with E-state index in [9.17, 15) is 10.1 Å². The summed E-state index contributed by atoms with van der Waals surface area (Å²) in [6.45, 7) is 0.161. The fourth-order valence-electron chi connectivity index (χ4n) is 2.85. The highest BCUT2D eigenvalue weighted by Gasteiger charge is 2.16. The van der Waals surface area contributed by atoms with E-state index in [-0.39, 0.29) is 32.9 Å². The van der Waals surface area contributed by atoms with Crippen LogP contribution in [0.5, 0.6) is 11.5 Å². The summed E-state index contributed by atoms with van der Waals surface area (Å²) >= 11 is 30.5. The molecule has 0 aliphatic rings. The molecule has 5 nitrogen and oxygen atoms in total. The van der Waals surface area contributed by atoms with Gasteiger partial charge in [-0.15, -0.1) is 0 Å². The molecule has 0 spiro atoms. The van der Waals surface area contributed by atoms with E-state index >= 15 is 0 Å². The number of hydrogen-bond donors (Lipinski definition) is 1. The van der Waals surface area contributed by atoms with Crippen molar-refractivity contribution in [2.45, 2.75) is 6.61 Å². The molecule has 0 aromatic heterocycles. The molecule has 174 valence electrons. The zero-order chi connectivity index (χ0) is 24.8. The van der Waals surface area contributed by atoms with E-state index in [1.165, 1.54) is 13.2 Å². The van der Waals surface area contributed by atoms with Crippen molar-refractivity contribution in [3.05, 3.63) is 90.3 Å². The summed E-state index contributed by atoms with van der Waals surface area (Å²) in [5.41, 5.74) is 1.33. The Hall–Kier alpha value is -2.59. The molecule has 0 fully saturated rings. The number of hydrogen-bond acceptors (Lipinski definition) is 4. The maximum Gasteiger partial charge on any atom is 0.266 e. The number of methoxy groups -OCH3 is 1. The van der Waals surface area contributed by atoms with E-state index in [1.54, 1.807) is 48.5 Å². The van der Waals surface area contributed by atoms with E-state index in [4.69, 9.17) is 67.5 Å². The van der Waals surface area contributed by atoms with Gasteiger partial charge >= 0.3 is 0 Å². The van der Waals surface area contributed by atoms with Gasteiger partial charge in [0.05, 0.1) is 37.9 Å². The lowest BCUT2D eigenvalue weighted by Crippen LogP contribution is -2.13. The van der Waals surface area contributed by atoms with Crippen LogP contribution in [0.4, 0.5) is 5.69 Å². The highest BCUT2D eigenvalue weighted by Crippen LogP contribution is 2.38. The topological polar surface area (TPSA) is 71.3 Å². The van der Waals surface area contributed by atoms with Crippen molar-refractivity contribution in [1.29, 1.82) is 5.26 Å². The van der Waals surface area contributed by atoms with Gasteiger partial charge in [0.1, 0.15) is 18.2 Å². The van der Waals surface area contributed by atoms with Crippen LogP contribution in [0.15, 0.2) is 54.1 Å². The minimum atomic E-state index is -0.665. The summed E-state index contributed by atoms with van der Waals surface area (Å²) in [4.78, 5) is 12.6. The number of halogens is 5. The number of nitriles is 1. The lowest BCUT2D eigenvalue weighted by Gasteiger charge is -2.14. The smallest absolute Gasteiger partial charge is 0.266 e.